The number of carbonyl (C=O) groups is 2. The maximum atomic E-state index is 13.0. The summed E-state index contributed by atoms with van der Waals surface area (Å²) in [5, 5.41) is 3.86. The molecule has 0 saturated heterocycles. The van der Waals surface area contributed by atoms with Crippen LogP contribution in [0.25, 0.3) is 0 Å². The number of rotatable bonds is 6. The van der Waals surface area contributed by atoms with E-state index in [9.17, 15) is 9.59 Å². The summed E-state index contributed by atoms with van der Waals surface area (Å²) >= 11 is 0. The van der Waals surface area contributed by atoms with Crippen molar-refractivity contribution in [2.75, 3.05) is 0 Å². The van der Waals surface area contributed by atoms with Crippen LogP contribution in [0.15, 0.2) is 103 Å². The Labute approximate surface area is 251 Å². The van der Waals surface area contributed by atoms with Crippen molar-refractivity contribution in [3.63, 3.8) is 0 Å². The molecule has 0 N–H and O–H groups in total. The van der Waals surface area contributed by atoms with Crippen LogP contribution in [0.5, 0.6) is 0 Å². The van der Waals surface area contributed by atoms with Gasteiger partial charge in [0.25, 0.3) is 8.32 Å². The number of aldehydes is 1. The van der Waals surface area contributed by atoms with Crippen LogP contribution in [-0.2, 0) is 14.0 Å². The number of fused-ring (bicyclic) bond motifs is 5. The highest BCUT2D eigenvalue weighted by atomic mass is 28.4. The Morgan fingerprint density at radius 3 is 1.90 bits per heavy atom. The van der Waals surface area contributed by atoms with Crippen LogP contribution < -0.4 is 15.6 Å². The van der Waals surface area contributed by atoms with Gasteiger partial charge in [0.2, 0.25) is 0 Å². The van der Waals surface area contributed by atoms with Gasteiger partial charge in [-0.05, 0) is 89.2 Å². The first kappa shape index (κ1) is 27.7. The Balaban J connectivity index is 1.29. The topological polar surface area (TPSA) is 43.4 Å². The molecule has 3 aromatic carbocycles. The molecule has 3 fully saturated rings. The number of hydrogen-bond donors (Lipinski definition) is 0. The number of allylic oxidation sites excluding steroid dienone is 1. The van der Waals surface area contributed by atoms with Gasteiger partial charge in [-0.1, -0.05) is 110 Å². The van der Waals surface area contributed by atoms with Gasteiger partial charge in [0, 0.05) is 6.42 Å². The summed E-state index contributed by atoms with van der Waals surface area (Å²) in [6.07, 6.45) is 10.0. The third-order valence-electron chi connectivity index (χ3n) is 12.0. The number of benzene rings is 3. The van der Waals surface area contributed by atoms with E-state index in [-0.39, 0.29) is 23.2 Å². The molecule has 7 atom stereocenters. The smallest absolute Gasteiger partial charge is 0.288 e. The summed E-state index contributed by atoms with van der Waals surface area (Å²) in [6, 6.07) is 32.8. The van der Waals surface area contributed by atoms with E-state index >= 15 is 0 Å². The molecule has 3 saturated carbocycles. The Hall–Kier alpha value is -3.08. The van der Waals surface area contributed by atoms with Crippen molar-refractivity contribution in [2.45, 2.75) is 64.9 Å². The lowest BCUT2D eigenvalue weighted by Gasteiger charge is -2.59. The number of carbonyl (C=O) groups excluding carboxylic acids is 2. The van der Waals surface area contributed by atoms with Gasteiger partial charge < -0.3 is 9.22 Å². The van der Waals surface area contributed by atoms with Crippen LogP contribution in [0.2, 0.25) is 0 Å². The fourth-order valence-electron chi connectivity index (χ4n) is 10.0. The lowest BCUT2D eigenvalue weighted by molar-refractivity contribution is -0.135. The molecule has 0 spiro atoms. The van der Waals surface area contributed by atoms with Gasteiger partial charge in [-0.2, -0.15) is 0 Å². The van der Waals surface area contributed by atoms with Crippen LogP contribution in [-0.4, -0.2) is 26.5 Å². The minimum Gasteiger partial charge on any atom is -0.401 e. The van der Waals surface area contributed by atoms with Gasteiger partial charge >= 0.3 is 0 Å². The SMILES string of the molecule is CC1CC(=O)C=C2CC[C@@H]3[C@@H](CC[C@]4(C)C(O[Si](c5ccccc5)(c5ccccc5)c5ccccc5)CC[C@@H]34)[C@]21C=O. The van der Waals surface area contributed by atoms with E-state index in [1.807, 2.05) is 6.08 Å². The molecule has 0 bridgehead atoms. The normalized spacial score (nSPS) is 34.1. The van der Waals surface area contributed by atoms with Gasteiger partial charge in [-0.15, -0.1) is 0 Å². The molecular formula is C38H42O3Si. The first-order valence-corrected chi connectivity index (χ1v) is 17.9. The molecule has 3 nitrogen and oxygen atoms in total. The van der Waals surface area contributed by atoms with Gasteiger partial charge in [-0.25, -0.2) is 0 Å². The Kier molecular flexibility index (Phi) is 6.98. The minimum atomic E-state index is -2.83. The molecule has 0 radical (unpaired) electrons. The first-order chi connectivity index (χ1) is 20.4. The summed E-state index contributed by atoms with van der Waals surface area (Å²) in [5.41, 5.74) is 0.713. The third-order valence-corrected chi connectivity index (χ3v) is 16.1. The van der Waals surface area contributed by atoms with E-state index in [2.05, 4.69) is 105 Å². The van der Waals surface area contributed by atoms with Gasteiger partial charge in [0.05, 0.1) is 11.5 Å². The predicted octanol–water partition coefficient (Wildman–Crippen LogP) is 6.00. The zero-order valence-corrected chi connectivity index (χ0v) is 25.9. The predicted molar refractivity (Wildman–Crippen MR) is 171 cm³/mol. The lowest BCUT2D eigenvalue weighted by Crippen LogP contribution is -2.71. The first-order valence-electron chi connectivity index (χ1n) is 16.0. The summed E-state index contributed by atoms with van der Waals surface area (Å²) in [4.78, 5) is 25.5. The van der Waals surface area contributed by atoms with Crippen molar-refractivity contribution < 1.29 is 14.0 Å². The molecule has 0 heterocycles. The molecule has 4 heteroatoms. The van der Waals surface area contributed by atoms with Crippen molar-refractivity contribution in [3.05, 3.63) is 103 Å². The van der Waals surface area contributed by atoms with Gasteiger partial charge in [0.1, 0.15) is 6.29 Å². The van der Waals surface area contributed by atoms with Crippen molar-refractivity contribution in [1.29, 1.82) is 0 Å². The van der Waals surface area contributed by atoms with Crippen LogP contribution in [0.1, 0.15) is 58.8 Å². The van der Waals surface area contributed by atoms with E-state index in [1.165, 1.54) is 21.8 Å². The molecule has 216 valence electrons. The lowest BCUT2D eigenvalue weighted by atomic mass is 9.45. The summed E-state index contributed by atoms with van der Waals surface area (Å²) in [7, 11) is -2.83. The number of ketones is 1. The monoisotopic (exact) mass is 574 g/mol. The average Bonchev–Trinajstić information content (AvgIpc) is 3.36. The molecule has 0 aliphatic heterocycles. The number of hydrogen-bond acceptors (Lipinski definition) is 3. The van der Waals surface area contributed by atoms with Crippen molar-refractivity contribution in [1.82, 2.24) is 0 Å². The van der Waals surface area contributed by atoms with E-state index in [0.29, 0.717) is 24.2 Å². The fourth-order valence-corrected chi connectivity index (χ4v) is 14.2. The second kappa shape index (κ2) is 10.6. The highest BCUT2D eigenvalue weighted by Gasteiger charge is 2.63. The van der Waals surface area contributed by atoms with E-state index in [4.69, 9.17) is 4.43 Å². The van der Waals surface area contributed by atoms with Crippen LogP contribution in [0.3, 0.4) is 0 Å². The standard InChI is InChI=1S/C38H42O3Si/c1-27-24-29(40)25-28-18-19-33-34-20-21-36(37(34,2)23-22-35(33)38(27,28)26-39)41-42(30-12-6-3-7-13-30,31-14-8-4-9-15-31)32-16-10-5-11-17-32/h3-17,25-27,33-36H,18-24H2,1-2H3/t27?,33-,34-,35+,36?,37-,38-/m0/s1. The van der Waals surface area contributed by atoms with Crippen LogP contribution >= 0.6 is 0 Å². The van der Waals surface area contributed by atoms with E-state index in [0.717, 1.165) is 44.1 Å². The Morgan fingerprint density at radius 1 is 0.786 bits per heavy atom. The molecule has 0 amide bonds. The zero-order chi connectivity index (χ0) is 29.0. The second-order valence-electron chi connectivity index (χ2n) is 13.7. The Morgan fingerprint density at radius 2 is 1.36 bits per heavy atom. The highest BCUT2D eigenvalue weighted by Crippen LogP contribution is 2.66. The molecule has 4 aliphatic rings. The molecular weight excluding hydrogens is 533 g/mol. The van der Waals surface area contributed by atoms with Gasteiger partial charge in [-0.3, -0.25) is 4.79 Å². The second-order valence-corrected chi connectivity index (χ2v) is 17.0. The Bertz CT molecular complexity index is 1390. The molecule has 42 heavy (non-hydrogen) atoms. The summed E-state index contributed by atoms with van der Waals surface area (Å²) in [5.74, 6) is 1.64. The van der Waals surface area contributed by atoms with Crippen LogP contribution in [0.4, 0.5) is 0 Å². The molecule has 0 aromatic heterocycles. The maximum Gasteiger partial charge on any atom is 0.288 e. The molecule has 7 rings (SSSR count). The van der Waals surface area contributed by atoms with Crippen molar-refractivity contribution in [2.24, 2.45) is 34.5 Å². The molecule has 3 aromatic rings. The fraction of sp³-hybridized carbons (Fsp3) is 0.421. The van der Waals surface area contributed by atoms with E-state index in [1.54, 1.807) is 0 Å². The van der Waals surface area contributed by atoms with Gasteiger partial charge in [0.15, 0.2) is 5.78 Å². The van der Waals surface area contributed by atoms with Crippen molar-refractivity contribution in [3.8, 4) is 0 Å². The summed E-state index contributed by atoms with van der Waals surface area (Å²) < 4.78 is 7.82. The minimum absolute atomic E-state index is 0.0524. The largest absolute Gasteiger partial charge is 0.401 e. The van der Waals surface area contributed by atoms with Crippen molar-refractivity contribution >= 4 is 35.9 Å². The third kappa shape index (κ3) is 4.01. The van der Waals surface area contributed by atoms with E-state index < -0.39 is 13.7 Å². The molecule has 2 unspecified atom stereocenters. The highest BCUT2D eigenvalue weighted by molar-refractivity contribution is 7.07. The summed E-state index contributed by atoms with van der Waals surface area (Å²) in [6.45, 7) is 4.65. The van der Waals surface area contributed by atoms with Crippen LogP contribution in [0, 0.1) is 34.5 Å². The zero-order valence-electron chi connectivity index (χ0n) is 24.9. The molecule has 4 aliphatic carbocycles. The maximum absolute atomic E-state index is 13.0. The average molecular weight is 575 g/mol. The quantitative estimate of drug-likeness (QED) is 0.206.